The largest absolute Gasteiger partial charge is 0.495 e. The first-order valence-electron chi connectivity index (χ1n) is 8.37. The molecule has 0 saturated carbocycles. The highest BCUT2D eigenvalue weighted by molar-refractivity contribution is 5.93. The highest BCUT2D eigenvalue weighted by Gasteiger charge is 2.21. The van der Waals surface area contributed by atoms with Crippen molar-refractivity contribution in [3.8, 4) is 5.75 Å². The van der Waals surface area contributed by atoms with Crippen molar-refractivity contribution in [1.29, 1.82) is 0 Å². The van der Waals surface area contributed by atoms with Gasteiger partial charge in [0.2, 0.25) is 5.91 Å². The highest BCUT2D eigenvalue weighted by Crippen LogP contribution is 2.30. The molecular weight excluding hydrogens is 354 g/mol. The van der Waals surface area contributed by atoms with E-state index in [1.807, 2.05) is 13.0 Å². The van der Waals surface area contributed by atoms with Crippen LogP contribution in [0.3, 0.4) is 0 Å². The number of aryl methyl sites for hydroxylation is 3. The molecule has 0 saturated heterocycles. The van der Waals surface area contributed by atoms with Gasteiger partial charge in [-0.3, -0.25) is 4.79 Å². The first kappa shape index (κ1) is 18.8. The molecule has 0 atom stereocenters. The second-order valence-corrected chi connectivity index (χ2v) is 6.35. The molecule has 27 heavy (non-hydrogen) atoms. The molecule has 0 unspecified atom stereocenters. The summed E-state index contributed by atoms with van der Waals surface area (Å²) >= 11 is 0. The Balaban J connectivity index is 1.93. The number of ether oxygens (including phenoxy) is 1. The Morgan fingerprint density at radius 3 is 2.67 bits per heavy atom. The summed E-state index contributed by atoms with van der Waals surface area (Å²) in [6.45, 7) is 5.01. The van der Waals surface area contributed by atoms with Gasteiger partial charge in [-0.1, -0.05) is 6.07 Å². The maximum atomic E-state index is 13.4. The number of nitrogens with one attached hydrogen (secondary N) is 1. The van der Waals surface area contributed by atoms with Gasteiger partial charge < -0.3 is 10.1 Å². The van der Waals surface area contributed by atoms with Gasteiger partial charge in [-0.2, -0.15) is 5.10 Å². The molecular formula is C19H20F2N4O2. The van der Waals surface area contributed by atoms with Gasteiger partial charge in [0.1, 0.15) is 12.3 Å². The minimum atomic E-state index is -2.64. The van der Waals surface area contributed by atoms with Gasteiger partial charge in [-0.15, -0.1) is 0 Å². The predicted molar refractivity (Wildman–Crippen MR) is 98.3 cm³/mol. The fourth-order valence-corrected chi connectivity index (χ4v) is 3.05. The van der Waals surface area contributed by atoms with Gasteiger partial charge in [-0.05, 0) is 44.5 Å². The summed E-state index contributed by atoms with van der Waals surface area (Å²) in [5, 5.41) is 7.31. The summed E-state index contributed by atoms with van der Waals surface area (Å²) in [4.78, 5) is 16.8. The lowest BCUT2D eigenvalue weighted by molar-refractivity contribution is -0.116. The molecule has 0 radical (unpaired) electrons. The van der Waals surface area contributed by atoms with Crippen LogP contribution in [-0.2, 0) is 11.3 Å². The van der Waals surface area contributed by atoms with E-state index in [1.165, 1.54) is 17.9 Å². The van der Waals surface area contributed by atoms with Crippen LogP contribution in [0.2, 0.25) is 0 Å². The number of amides is 1. The van der Waals surface area contributed by atoms with Crippen molar-refractivity contribution in [3.05, 3.63) is 46.8 Å². The van der Waals surface area contributed by atoms with Crippen LogP contribution >= 0.6 is 0 Å². The van der Waals surface area contributed by atoms with E-state index in [2.05, 4.69) is 15.4 Å². The number of nitrogens with zero attached hydrogens (tertiary/aromatic N) is 3. The maximum Gasteiger partial charge on any atom is 0.264 e. The highest BCUT2D eigenvalue weighted by atomic mass is 19.3. The van der Waals surface area contributed by atoms with Crippen LogP contribution in [0.25, 0.3) is 11.0 Å². The summed E-state index contributed by atoms with van der Waals surface area (Å²) in [6, 6.07) is 6.78. The van der Waals surface area contributed by atoms with Crippen molar-refractivity contribution in [2.75, 3.05) is 12.4 Å². The lowest BCUT2D eigenvalue weighted by Gasteiger charge is -2.11. The Labute approximate surface area is 155 Å². The zero-order valence-corrected chi connectivity index (χ0v) is 15.5. The Hall–Kier alpha value is -3.03. The van der Waals surface area contributed by atoms with Gasteiger partial charge in [0.05, 0.1) is 23.9 Å². The molecule has 6 nitrogen and oxygen atoms in total. The number of benzene rings is 1. The first-order chi connectivity index (χ1) is 12.8. The molecule has 1 amide bonds. The van der Waals surface area contributed by atoms with Crippen LogP contribution in [-0.4, -0.2) is 27.8 Å². The number of methoxy groups -OCH3 is 1. The average molecular weight is 374 g/mol. The van der Waals surface area contributed by atoms with E-state index < -0.39 is 6.43 Å². The maximum absolute atomic E-state index is 13.4. The van der Waals surface area contributed by atoms with Crippen LogP contribution in [0.15, 0.2) is 24.3 Å². The van der Waals surface area contributed by atoms with E-state index in [0.717, 1.165) is 5.56 Å². The topological polar surface area (TPSA) is 69.0 Å². The number of pyridine rings is 1. The summed E-state index contributed by atoms with van der Waals surface area (Å²) in [7, 11) is 1.52. The van der Waals surface area contributed by atoms with Crippen LogP contribution in [0.4, 0.5) is 14.5 Å². The van der Waals surface area contributed by atoms with Crippen molar-refractivity contribution >= 4 is 22.6 Å². The minimum Gasteiger partial charge on any atom is -0.495 e. The van der Waals surface area contributed by atoms with Gasteiger partial charge in [0.25, 0.3) is 6.43 Å². The zero-order valence-electron chi connectivity index (χ0n) is 15.5. The normalized spacial score (nSPS) is 11.2. The number of hydrogen-bond acceptors (Lipinski definition) is 4. The predicted octanol–water partition coefficient (Wildman–Crippen LogP) is 3.94. The van der Waals surface area contributed by atoms with E-state index in [9.17, 15) is 13.6 Å². The SMILES string of the molecule is COc1ccc(C)cc1NC(=O)Cn1nc(C)c2c(C(F)F)cc(C)nc21. The van der Waals surface area contributed by atoms with E-state index in [0.29, 0.717) is 22.8 Å². The number of halogens is 2. The van der Waals surface area contributed by atoms with Gasteiger partial charge in [0, 0.05) is 11.3 Å². The number of fused-ring (bicyclic) bond motifs is 1. The van der Waals surface area contributed by atoms with Crippen molar-refractivity contribution < 1.29 is 18.3 Å². The number of anilines is 1. The lowest BCUT2D eigenvalue weighted by Crippen LogP contribution is -2.20. The molecule has 3 rings (SSSR count). The van der Waals surface area contributed by atoms with E-state index >= 15 is 0 Å². The summed E-state index contributed by atoms with van der Waals surface area (Å²) < 4.78 is 33.4. The van der Waals surface area contributed by atoms with E-state index in [-0.39, 0.29) is 29.0 Å². The summed E-state index contributed by atoms with van der Waals surface area (Å²) in [5.41, 5.74) is 2.50. The van der Waals surface area contributed by atoms with Gasteiger partial charge >= 0.3 is 0 Å². The molecule has 0 spiro atoms. The van der Waals surface area contributed by atoms with E-state index in [1.54, 1.807) is 26.0 Å². The smallest absolute Gasteiger partial charge is 0.264 e. The molecule has 8 heteroatoms. The molecule has 2 aromatic heterocycles. The Morgan fingerprint density at radius 1 is 1.26 bits per heavy atom. The number of hydrogen-bond donors (Lipinski definition) is 1. The van der Waals surface area contributed by atoms with Gasteiger partial charge in [-0.25, -0.2) is 18.4 Å². The summed E-state index contributed by atoms with van der Waals surface area (Å²) in [5.74, 6) is 0.176. The molecule has 3 aromatic rings. The number of aromatic nitrogens is 3. The Bertz CT molecular complexity index is 1010. The van der Waals surface area contributed by atoms with Crippen molar-refractivity contribution in [2.24, 2.45) is 0 Å². The number of carbonyl (C=O) groups excluding carboxylic acids is 1. The third kappa shape index (κ3) is 3.74. The molecule has 0 aliphatic rings. The third-order valence-electron chi connectivity index (χ3n) is 4.19. The fraction of sp³-hybridized carbons (Fsp3) is 0.316. The molecule has 1 N–H and O–H groups in total. The standard InChI is InChI=1S/C19H20F2N4O2/c1-10-5-6-15(27-4)14(7-10)23-16(26)9-25-19-17(12(3)24-25)13(18(20)21)8-11(2)22-19/h5-8,18H,9H2,1-4H3,(H,23,26). The third-order valence-corrected chi connectivity index (χ3v) is 4.19. The number of carbonyl (C=O) groups is 1. The zero-order chi connectivity index (χ0) is 19.7. The van der Waals surface area contributed by atoms with Crippen LogP contribution < -0.4 is 10.1 Å². The van der Waals surface area contributed by atoms with Crippen LogP contribution in [0.5, 0.6) is 5.75 Å². The second-order valence-electron chi connectivity index (χ2n) is 6.35. The fourth-order valence-electron chi connectivity index (χ4n) is 3.05. The number of rotatable bonds is 5. The molecule has 1 aromatic carbocycles. The number of alkyl halides is 2. The van der Waals surface area contributed by atoms with Crippen LogP contribution in [0.1, 0.15) is 28.9 Å². The molecule has 2 heterocycles. The summed E-state index contributed by atoms with van der Waals surface area (Å²) in [6.07, 6.45) is -2.64. The second kappa shape index (κ2) is 7.30. The van der Waals surface area contributed by atoms with Crippen molar-refractivity contribution in [3.63, 3.8) is 0 Å². The molecule has 0 aliphatic carbocycles. The lowest BCUT2D eigenvalue weighted by atomic mass is 10.1. The quantitative estimate of drug-likeness (QED) is 0.734. The van der Waals surface area contributed by atoms with E-state index in [4.69, 9.17) is 4.74 Å². The molecule has 0 aliphatic heterocycles. The molecule has 0 fully saturated rings. The van der Waals surface area contributed by atoms with Gasteiger partial charge in [0.15, 0.2) is 5.65 Å². The average Bonchev–Trinajstić information content (AvgIpc) is 2.89. The molecule has 0 bridgehead atoms. The first-order valence-corrected chi connectivity index (χ1v) is 8.37. The monoisotopic (exact) mass is 374 g/mol. The Kier molecular flexibility index (Phi) is 5.07. The minimum absolute atomic E-state index is 0.123. The Morgan fingerprint density at radius 2 is 2.00 bits per heavy atom. The van der Waals surface area contributed by atoms with Crippen molar-refractivity contribution in [1.82, 2.24) is 14.8 Å². The van der Waals surface area contributed by atoms with Crippen LogP contribution in [0, 0.1) is 20.8 Å². The molecule has 142 valence electrons. The van der Waals surface area contributed by atoms with Crippen molar-refractivity contribution in [2.45, 2.75) is 33.7 Å².